The Bertz CT molecular complexity index is 1070. The van der Waals surface area contributed by atoms with Gasteiger partial charge in [-0.05, 0) is 36.1 Å². The first-order valence-corrected chi connectivity index (χ1v) is 11.8. The normalized spacial score (nSPS) is 12.3. The van der Waals surface area contributed by atoms with E-state index in [0.29, 0.717) is 6.54 Å². The zero-order valence-corrected chi connectivity index (χ0v) is 17.7. The monoisotopic (exact) mass is 412 g/mol. The second kappa shape index (κ2) is 9.60. The average molecular weight is 413 g/mol. The maximum absolute atomic E-state index is 11.4. The molecule has 1 aromatic heterocycles. The second-order valence-electron chi connectivity index (χ2n) is 7.12. The Morgan fingerprint density at radius 3 is 2.48 bits per heavy atom. The number of para-hydroxylation sites is 1. The molecule has 0 aliphatic rings. The molecule has 0 aliphatic carbocycles. The molecule has 154 valence electrons. The molecule has 0 aliphatic heterocycles. The Balaban J connectivity index is 1.56. The van der Waals surface area contributed by atoms with E-state index < -0.39 is 9.84 Å². The van der Waals surface area contributed by atoms with Crippen molar-refractivity contribution in [1.29, 1.82) is 0 Å². The molecular formula is C22H28N4O2S. The topological polar surface area (TPSA) is 86.3 Å². The lowest BCUT2D eigenvalue weighted by molar-refractivity contribution is 0.601. The number of aromatic amines is 1. The summed E-state index contributed by atoms with van der Waals surface area (Å²) in [5.74, 6) is 0.835. The summed E-state index contributed by atoms with van der Waals surface area (Å²) in [5.41, 5.74) is 4.27. The average Bonchev–Trinajstić information content (AvgIpc) is 3.09. The van der Waals surface area contributed by atoms with E-state index in [1.54, 1.807) is 0 Å². The second-order valence-corrected chi connectivity index (χ2v) is 9.26. The van der Waals surface area contributed by atoms with Crippen LogP contribution < -0.4 is 10.6 Å². The van der Waals surface area contributed by atoms with Gasteiger partial charge in [-0.25, -0.2) is 13.4 Å². The fourth-order valence-electron chi connectivity index (χ4n) is 3.21. The van der Waals surface area contributed by atoms with Crippen molar-refractivity contribution in [3.8, 4) is 0 Å². The molecule has 2 aromatic carbocycles. The number of sulfone groups is 1. The number of nitrogens with one attached hydrogen (secondary N) is 3. The summed E-state index contributed by atoms with van der Waals surface area (Å²) in [6.07, 6.45) is 4.21. The molecule has 0 radical (unpaired) electrons. The molecule has 0 bridgehead atoms. The van der Waals surface area contributed by atoms with Gasteiger partial charge in [0, 0.05) is 36.4 Å². The Morgan fingerprint density at radius 1 is 1.03 bits per heavy atom. The number of aliphatic imine (C=N–C) groups is 1. The van der Waals surface area contributed by atoms with E-state index in [1.165, 1.54) is 17.2 Å². The van der Waals surface area contributed by atoms with Crippen LogP contribution in [-0.2, 0) is 28.6 Å². The molecule has 3 rings (SSSR count). The van der Waals surface area contributed by atoms with Gasteiger partial charge in [0.15, 0.2) is 15.8 Å². The Hall–Kier alpha value is -2.80. The molecule has 7 heteroatoms. The van der Waals surface area contributed by atoms with Gasteiger partial charge in [0.05, 0.1) is 12.3 Å². The first-order valence-electron chi connectivity index (χ1n) is 9.77. The molecule has 0 spiro atoms. The summed E-state index contributed by atoms with van der Waals surface area (Å²) in [4.78, 5) is 7.94. The molecule has 29 heavy (non-hydrogen) atoms. The van der Waals surface area contributed by atoms with Gasteiger partial charge in [-0.15, -0.1) is 0 Å². The number of H-pyrrole nitrogens is 1. The quantitative estimate of drug-likeness (QED) is 0.392. The number of aromatic nitrogens is 1. The molecule has 0 unspecified atom stereocenters. The van der Waals surface area contributed by atoms with Gasteiger partial charge in [-0.1, -0.05) is 42.5 Å². The molecular weight excluding hydrogens is 384 g/mol. The van der Waals surface area contributed by atoms with E-state index in [2.05, 4.69) is 45.0 Å². The van der Waals surface area contributed by atoms with Gasteiger partial charge in [-0.2, -0.15) is 0 Å². The predicted octanol–water partition coefficient (Wildman–Crippen LogP) is 3.01. The van der Waals surface area contributed by atoms with Crippen molar-refractivity contribution in [1.82, 2.24) is 15.6 Å². The predicted molar refractivity (Wildman–Crippen MR) is 120 cm³/mol. The standard InChI is InChI=1S/C22H28N4O2S/c1-3-23-22(24-13-12-19-15-25-21-7-5-4-6-20(19)21)26-14-17-8-10-18(11-9-17)16-29(2,27)28/h4-11,15,25H,3,12-14,16H2,1-2H3,(H2,23,24,26). The van der Waals surface area contributed by atoms with Crippen molar-refractivity contribution in [3.05, 3.63) is 71.4 Å². The van der Waals surface area contributed by atoms with Crippen LogP contribution in [0.25, 0.3) is 10.9 Å². The number of fused-ring (bicyclic) bond motifs is 1. The van der Waals surface area contributed by atoms with Crippen molar-refractivity contribution in [3.63, 3.8) is 0 Å². The van der Waals surface area contributed by atoms with Crippen molar-refractivity contribution in [2.75, 3.05) is 19.3 Å². The van der Waals surface area contributed by atoms with E-state index in [9.17, 15) is 8.42 Å². The first kappa shape index (κ1) is 20.9. The molecule has 1 heterocycles. The fourth-order valence-corrected chi connectivity index (χ4v) is 4.01. The number of hydrogen-bond acceptors (Lipinski definition) is 3. The molecule has 0 atom stereocenters. The minimum atomic E-state index is -3.02. The van der Waals surface area contributed by atoms with E-state index in [0.717, 1.165) is 42.1 Å². The third kappa shape index (κ3) is 6.35. The molecule has 6 nitrogen and oxygen atoms in total. The van der Waals surface area contributed by atoms with Crippen molar-refractivity contribution in [2.45, 2.75) is 25.6 Å². The first-order chi connectivity index (χ1) is 13.9. The number of benzene rings is 2. The Kier molecular flexibility index (Phi) is 6.93. The number of hydrogen-bond donors (Lipinski definition) is 3. The van der Waals surface area contributed by atoms with Crippen molar-refractivity contribution < 1.29 is 8.42 Å². The molecule has 0 amide bonds. The minimum absolute atomic E-state index is 0.0641. The largest absolute Gasteiger partial charge is 0.361 e. The van der Waals surface area contributed by atoms with Gasteiger partial charge in [0.25, 0.3) is 0 Å². The zero-order chi connectivity index (χ0) is 20.7. The van der Waals surface area contributed by atoms with Crippen LogP contribution in [0.4, 0.5) is 0 Å². The van der Waals surface area contributed by atoms with Crippen molar-refractivity contribution in [2.24, 2.45) is 4.99 Å². The maximum atomic E-state index is 11.4. The van der Waals surface area contributed by atoms with E-state index in [4.69, 9.17) is 0 Å². The van der Waals surface area contributed by atoms with Crippen LogP contribution in [0.15, 0.2) is 59.7 Å². The van der Waals surface area contributed by atoms with Crippen LogP contribution in [0.2, 0.25) is 0 Å². The number of guanidine groups is 1. The summed E-state index contributed by atoms with van der Waals surface area (Å²) in [5, 5.41) is 7.90. The summed E-state index contributed by atoms with van der Waals surface area (Å²) in [6.45, 7) is 4.13. The van der Waals surface area contributed by atoms with Crippen LogP contribution in [-0.4, -0.2) is 38.7 Å². The summed E-state index contributed by atoms with van der Waals surface area (Å²) in [6, 6.07) is 15.9. The highest BCUT2D eigenvalue weighted by atomic mass is 32.2. The highest BCUT2D eigenvalue weighted by molar-refractivity contribution is 7.89. The Morgan fingerprint density at radius 2 is 1.76 bits per heavy atom. The molecule has 0 saturated heterocycles. The van der Waals surface area contributed by atoms with Gasteiger partial charge in [0.2, 0.25) is 0 Å². The lowest BCUT2D eigenvalue weighted by atomic mass is 10.1. The van der Waals surface area contributed by atoms with Crippen LogP contribution in [0, 0.1) is 0 Å². The third-order valence-electron chi connectivity index (χ3n) is 4.58. The molecule has 3 aromatic rings. The smallest absolute Gasteiger partial charge is 0.191 e. The number of nitrogens with zero attached hydrogens (tertiary/aromatic N) is 1. The van der Waals surface area contributed by atoms with Crippen LogP contribution in [0.3, 0.4) is 0 Å². The summed E-state index contributed by atoms with van der Waals surface area (Å²) in [7, 11) is -3.02. The highest BCUT2D eigenvalue weighted by Crippen LogP contribution is 2.17. The zero-order valence-electron chi connectivity index (χ0n) is 16.9. The van der Waals surface area contributed by atoms with Crippen molar-refractivity contribution >= 4 is 26.7 Å². The third-order valence-corrected chi connectivity index (χ3v) is 5.44. The highest BCUT2D eigenvalue weighted by Gasteiger charge is 2.05. The lowest BCUT2D eigenvalue weighted by Crippen LogP contribution is -2.38. The lowest BCUT2D eigenvalue weighted by Gasteiger charge is -2.11. The molecule has 0 saturated carbocycles. The van der Waals surface area contributed by atoms with Gasteiger partial charge in [0.1, 0.15) is 0 Å². The fraction of sp³-hybridized carbons (Fsp3) is 0.318. The van der Waals surface area contributed by atoms with Gasteiger partial charge >= 0.3 is 0 Å². The van der Waals surface area contributed by atoms with Crippen LogP contribution in [0.5, 0.6) is 0 Å². The van der Waals surface area contributed by atoms with Gasteiger partial charge in [-0.3, -0.25) is 0 Å². The minimum Gasteiger partial charge on any atom is -0.361 e. The summed E-state index contributed by atoms with van der Waals surface area (Å²) < 4.78 is 22.8. The van der Waals surface area contributed by atoms with Gasteiger partial charge < -0.3 is 15.6 Å². The van der Waals surface area contributed by atoms with Crippen LogP contribution >= 0.6 is 0 Å². The SMILES string of the molecule is CCNC(=NCc1ccc(CS(C)(=O)=O)cc1)NCCc1c[nH]c2ccccc12. The van der Waals surface area contributed by atoms with E-state index in [-0.39, 0.29) is 5.75 Å². The molecule has 3 N–H and O–H groups in total. The van der Waals surface area contributed by atoms with E-state index in [1.807, 2.05) is 37.3 Å². The van der Waals surface area contributed by atoms with E-state index >= 15 is 0 Å². The van der Waals surface area contributed by atoms with Crippen LogP contribution in [0.1, 0.15) is 23.6 Å². The Labute approximate surface area is 172 Å². The number of rotatable bonds is 8. The summed E-state index contributed by atoms with van der Waals surface area (Å²) >= 11 is 0. The molecule has 0 fully saturated rings. The maximum Gasteiger partial charge on any atom is 0.191 e.